The first-order valence-electron chi connectivity index (χ1n) is 8.72. The van der Waals surface area contributed by atoms with Crippen LogP contribution in [0, 0.1) is 0 Å². The predicted octanol–water partition coefficient (Wildman–Crippen LogP) is 1.00. The average Bonchev–Trinajstić information content (AvgIpc) is 3.08. The minimum Gasteiger partial charge on any atom is -0.357 e. The zero-order valence-electron chi connectivity index (χ0n) is 15.4. The van der Waals surface area contributed by atoms with E-state index in [1.54, 1.807) is 12.1 Å². The molecular formula is C19H25N3O4. The Labute approximate surface area is 153 Å². The lowest BCUT2D eigenvalue weighted by molar-refractivity contribution is -0.125. The average molecular weight is 359 g/mol. The molecule has 140 valence electrons. The molecule has 0 saturated carbocycles. The maximum Gasteiger partial charge on any atom is 0.255 e. The number of fused-ring (bicyclic) bond motifs is 1. The summed E-state index contributed by atoms with van der Waals surface area (Å²) in [4.78, 5) is 50.8. The third-order valence-electron chi connectivity index (χ3n) is 4.86. The third-order valence-corrected chi connectivity index (χ3v) is 4.86. The van der Waals surface area contributed by atoms with E-state index in [1.807, 2.05) is 0 Å². The Bertz CT molecular complexity index is 717. The smallest absolute Gasteiger partial charge is 0.255 e. The Morgan fingerprint density at radius 2 is 1.92 bits per heavy atom. The van der Waals surface area contributed by atoms with Gasteiger partial charge in [0.1, 0.15) is 12.3 Å². The number of hydrogen-bond donors (Lipinski definition) is 1. The summed E-state index contributed by atoms with van der Waals surface area (Å²) in [6.07, 6.45) is 1.80. The molecular weight excluding hydrogens is 334 g/mol. The third kappa shape index (κ3) is 3.99. The van der Waals surface area contributed by atoms with Crippen LogP contribution in [0.25, 0.3) is 0 Å². The van der Waals surface area contributed by atoms with E-state index >= 15 is 0 Å². The summed E-state index contributed by atoms with van der Waals surface area (Å²) in [5.74, 6) is -0.738. The molecule has 1 aliphatic rings. The molecule has 0 aromatic heterocycles. The summed E-state index contributed by atoms with van der Waals surface area (Å²) in [6.45, 7) is 4.45. The van der Waals surface area contributed by atoms with Crippen LogP contribution in [0.1, 0.15) is 51.6 Å². The van der Waals surface area contributed by atoms with E-state index in [0.717, 1.165) is 37.0 Å². The highest BCUT2D eigenvalue weighted by atomic mass is 16.2. The molecule has 2 rings (SSSR count). The van der Waals surface area contributed by atoms with Gasteiger partial charge in [-0.15, -0.1) is 0 Å². The SMILES string of the molecule is CCN1Cc2cc(C=O)c(C(=O)N(C)C(CCC=O)C(=O)NC)cc2C1. The molecule has 1 heterocycles. The first-order chi connectivity index (χ1) is 12.5. The summed E-state index contributed by atoms with van der Waals surface area (Å²) >= 11 is 0. The van der Waals surface area contributed by atoms with Gasteiger partial charge in [-0.2, -0.15) is 0 Å². The summed E-state index contributed by atoms with van der Waals surface area (Å²) < 4.78 is 0. The molecule has 1 N–H and O–H groups in total. The fraction of sp³-hybridized carbons (Fsp3) is 0.474. The van der Waals surface area contributed by atoms with E-state index in [9.17, 15) is 19.2 Å². The Kier molecular flexibility index (Phi) is 6.63. The number of likely N-dealkylation sites (N-methyl/N-ethyl adjacent to an activating group) is 2. The summed E-state index contributed by atoms with van der Waals surface area (Å²) in [5.41, 5.74) is 2.69. The molecule has 0 fully saturated rings. The Morgan fingerprint density at radius 1 is 1.27 bits per heavy atom. The lowest BCUT2D eigenvalue weighted by atomic mass is 9.99. The fourth-order valence-electron chi connectivity index (χ4n) is 3.27. The van der Waals surface area contributed by atoms with Gasteiger partial charge in [0.25, 0.3) is 5.91 Å². The van der Waals surface area contributed by atoms with Crippen LogP contribution in [-0.2, 0) is 22.7 Å². The number of aldehydes is 2. The molecule has 0 radical (unpaired) electrons. The molecule has 1 atom stereocenters. The van der Waals surface area contributed by atoms with Crippen molar-refractivity contribution in [1.82, 2.24) is 15.1 Å². The maximum absolute atomic E-state index is 13.0. The topological polar surface area (TPSA) is 86.8 Å². The number of nitrogens with zero attached hydrogens (tertiary/aromatic N) is 2. The largest absolute Gasteiger partial charge is 0.357 e. The van der Waals surface area contributed by atoms with Gasteiger partial charge in [-0.3, -0.25) is 19.3 Å². The van der Waals surface area contributed by atoms with Gasteiger partial charge in [-0.1, -0.05) is 6.92 Å². The van der Waals surface area contributed by atoms with Gasteiger partial charge in [-0.25, -0.2) is 0 Å². The Morgan fingerprint density at radius 3 is 2.46 bits per heavy atom. The minimum atomic E-state index is -0.766. The van der Waals surface area contributed by atoms with Crippen molar-refractivity contribution in [2.75, 3.05) is 20.6 Å². The maximum atomic E-state index is 13.0. The zero-order valence-corrected chi connectivity index (χ0v) is 15.4. The Hall–Kier alpha value is -2.54. The zero-order chi connectivity index (χ0) is 19.3. The lowest BCUT2D eigenvalue weighted by Gasteiger charge is -2.27. The van der Waals surface area contributed by atoms with Crippen LogP contribution < -0.4 is 5.32 Å². The predicted molar refractivity (Wildman–Crippen MR) is 96.9 cm³/mol. The summed E-state index contributed by atoms with van der Waals surface area (Å²) in [6, 6.07) is 2.76. The molecule has 0 saturated heterocycles. The highest BCUT2D eigenvalue weighted by Crippen LogP contribution is 2.26. The molecule has 26 heavy (non-hydrogen) atoms. The monoisotopic (exact) mass is 359 g/mol. The van der Waals surface area contributed by atoms with Crippen LogP contribution in [0.2, 0.25) is 0 Å². The summed E-state index contributed by atoms with van der Waals surface area (Å²) in [7, 11) is 3.01. The van der Waals surface area contributed by atoms with Crippen LogP contribution in [0.4, 0.5) is 0 Å². The van der Waals surface area contributed by atoms with Crippen molar-refractivity contribution < 1.29 is 19.2 Å². The van der Waals surface area contributed by atoms with Crippen molar-refractivity contribution in [3.63, 3.8) is 0 Å². The number of carbonyl (C=O) groups is 4. The minimum absolute atomic E-state index is 0.173. The number of hydrogen-bond acceptors (Lipinski definition) is 5. The van der Waals surface area contributed by atoms with Gasteiger partial charge < -0.3 is 15.0 Å². The van der Waals surface area contributed by atoms with Crippen LogP contribution in [0.3, 0.4) is 0 Å². The van der Waals surface area contributed by atoms with Gasteiger partial charge in [0.05, 0.1) is 5.56 Å². The fourth-order valence-corrected chi connectivity index (χ4v) is 3.27. The molecule has 0 aliphatic carbocycles. The van der Waals surface area contributed by atoms with E-state index in [2.05, 4.69) is 17.1 Å². The quantitative estimate of drug-likeness (QED) is 0.700. The molecule has 2 amide bonds. The van der Waals surface area contributed by atoms with Gasteiger partial charge in [-0.05, 0) is 36.2 Å². The number of carbonyl (C=O) groups excluding carboxylic acids is 4. The van der Waals surface area contributed by atoms with Gasteiger partial charge in [0.2, 0.25) is 5.91 Å². The Balaban J connectivity index is 2.34. The lowest BCUT2D eigenvalue weighted by Crippen LogP contribution is -2.47. The van der Waals surface area contributed by atoms with E-state index < -0.39 is 11.9 Å². The van der Waals surface area contributed by atoms with E-state index in [0.29, 0.717) is 17.4 Å². The molecule has 1 unspecified atom stereocenters. The van der Waals surface area contributed by atoms with Crippen LogP contribution in [-0.4, -0.2) is 60.9 Å². The van der Waals surface area contributed by atoms with Crippen LogP contribution in [0.5, 0.6) is 0 Å². The molecule has 1 aliphatic heterocycles. The van der Waals surface area contributed by atoms with E-state index in [-0.39, 0.29) is 18.7 Å². The van der Waals surface area contributed by atoms with Crippen molar-refractivity contribution in [1.29, 1.82) is 0 Å². The van der Waals surface area contributed by atoms with Crippen molar-refractivity contribution in [3.05, 3.63) is 34.4 Å². The van der Waals surface area contributed by atoms with E-state index in [4.69, 9.17) is 0 Å². The standard InChI is InChI=1S/C19H25N3O4/c1-4-22-10-13-8-15(12-24)16(9-14(13)11-22)19(26)21(3)17(6-5-7-23)18(25)20-2/h7-9,12,17H,4-6,10-11H2,1-3H3,(H,20,25). The van der Waals surface area contributed by atoms with Crippen molar-refractivity contribution in [2.24, 2.45) is 0 Å². The molecule has 0 bridgehead atoms. The highest BCUT2D eigenvalue weighted by molar-refractivity contribution is 6.03. The first-order valence-corrected chi connectivity index (χ1v) is 8.72. The molecule has 7 heteroatoms. The number of rotatable bonds is 8. The van der Waals surface area contributed by atoms with Crippen LogP contribution in [0.15, 0.2) is 12.1 Å². The van der Waals surface area contributed by atoms with Gasteiger partial charge in [0, 0.05) is 39.2 Å². The summed E-state index contributed by atoms with van der Waals surface area (Å²) in [5, 5.41) is 2.52. The normalized spacial score (nSPS) is 14.4. The van der Waals surface area contributed by atoms with E-state index in [1.165, 1.54) is 19.0 Å². The van der Waals surface area contributed by atoms with Crippen LogP contribution >= 0.6 is 0 Å². The second kappa shape index (κ2) is 8.71. The van der Waals surface area contributed by atoms with Crippen molar-refractivity contribution in [2.45, 2.75) is 38.9 Å². The number of benzene rings is 1. The molecule has 1 aromatic carbocycles. The molecule has 7 nitrogen and oxygen atoms in total. The molecule has 0 spiro atoms. The van der Waals surface area contributed by atoms with Gasteiger partial charge in [0.15, 0.2) is 6.29 Å². The van der Waals surface area contributed by atoms with Crippen molar-refractivity contribution in [3.8, 4) is 0 Å². The second-order valence-corrected chi connectivity index (χ2v) is 6.42. The first kappa shape index (κ1) is 19.8. The second-order valence-electron chi connectivity index (χ2n) is 6.42. The van der Waals surface area contributed by atoms with Crippen molar-refractivity contribution >= 4 is 24.4 Å². The van der Waals surface area contributed by atoms with Gasteiger partial charge >= 0.3 is 0 Å². The molecule has 1 aromatic rings. The highest BCUT2D eigenvalue weighted by Gasteiger charge is 2.29. The number of nitrogens with one attached hydrogen (secondary N) is 1. The number of amides is 2.